The number of carbonyl (C=O) groups is 1. The SMILES string of the molecule is Cc1ccc2c(N)c(C(=O)NC(C)c3ccsc3)sc2c1. The van der Waals surface area contributed by atoms with Crippen molar-refractivity contribution in [2.75, 3.05) is 5.73 Å². The number of fused-ring (bicyclic) bond motifs is 1. The van der Waals surface area contributed by atoms with Crippen molar-refractivity contribution < 1.29 is 4.79 Å². The summed E-state index contributed by atoms with van der Waals surface area (Å²) in [5, 5.41) is 8.02. The predicted molar refractivity (Wildman–Crippen MR) is 91.2 cm³/mol. The van der Waals surface area contributed by atoms with E-state index in [1.807, 2.05) is 42.8 Å². The highest BCUT2D eigenvalue weighted by atomic mass is 32.1. The molecular weight excluding hydrogens is 300 g/mol. The van der Waals surface area contributed by atoms with E-state index in [0.717, 1.165) is 15.6 Å². The predicted octanol–water partition coefficient (Wildman–Crippen LogP) is 4.34. The molecule has 2 heterocycles. The Bertz CT molecular complexity index is 790. The molecule has 0 bridgehead atoms. The number of hydrogen-bond acceptors (Lipinski definition) is 4. The number of benzene rings is 1. The average molecular weight is 316 g/mol. The van der Waals surface area contributed by atoms with Gasteiger partial charge in [-0.3, -0.25) is 4.79 Å². The molecule has 0 aliphatic carbocycles. The maximum absolute atomic E-state index is 12.4. The average Bonchev–Trinajstić information content (AvgIpc) is 3.07. The molecule has 1 unspecified atom stereocenters. The number of thiophene rings is 2. The van der Waals surface area contributed by atoms with E-state index in [4.69, 9.17) is 5.73 Å². The van der Waals surface area contributed by atoms with Crippen LogP contribution in [0, 0.1) is 6.92 Å². The summed E-state index contributed by atoms with van der Waals surface area (Å²) in [5.41, 5.74) is 8.99. The van der Waals surface area contributed by atoms with E-state index >= 15 is 0 Å². The molecule has 0 aliphatic heterocycles. The highest BCUT2D eigenvalue weighted by Gasteiger charge is 2.18. The van der Waals surface area contributed by atoms with Crippen LogP contribution in [0.15, 0.2) is 35.0 Å². The summed E-state index contributed by atoms with van der Waals surface area (Å²) in [7, 11) is 0. The van der Waals surface area contributed by atoms with Gasteiger partial charge >= 0.3 is 0 Å². The molecule has 5 heteroatoms. The molecule has 0 fully saturated rings. The summed E-state index contributed by atoms with van der Waals surface area (Å²) in [4.78, 5) is 13.0. The Balaban J connectivity index is 1.89. The van der Waals surface area contributed by atoms with Crippen molar-refractivity contribution in [3.8, 4) is 0 Å². The molecule has 3 N–H and O–H groups in total. The van der Waals surface area contributed by atoms with Gasteiger partial charge in [-0.25, -0.2) is 0 Å². The van der Waals surface area contributed by atoms with E-state index < -0.39 is 0 Å². The molecule has 0 aliphatic rings. The third-order valence-corrected chi connectivity index (χ3v) is 5.35. The zero-order valence-electron chi connectivity index (χ0n) is 11.8. The fraction of sp³-hybridized carbons (Fsp3) is 0.188. The fourth-order valence-electron chi connectivity index (χ4n) is 2.26. The zero-order chi connectivity index (χ0) is 15.0. The van der Waals surface area contributed by atoms with Gasteiger partial charge in [0.15, 0.2) is 0 Å². The Morgan fingerprint density at radius 2 is 2.14 bits per heavy atom. The van der Waals surface area contributed by atoms with Crippen LogP contribution in [0.5, 0.6) is 0 Å². The van der Waals surface area contributed by atoms with E-state index in [1.165, 1.54) is 16.9 Å². The first-order valence-corrected chi connectivity index (χ1v) is 8.44. The van der Waals surface area contributed by atoms with Gasteiger partial charge < -0.3 is 11.1 Å². The van der Waals surface area contributed by atoms with Crippen LogP contribution < -0.4 is 11.1 Å². The van der Waals surface area contributed by atoms with Crippen molar-refractivity contribution in [3.05, 3.63) is 51.0 Å². The van der Waals surface area contributed by atoms with Crippen molar-refractivity contribution in [3.63, 3.8) is 0 Å². The first kappa shape index (κ1) is 14.1. The van der Waals surface area contributed by atoms with Crippen LogP contribution >= 0.6 is 22.7 Å². The zero-order valence-corrected chi connectivity index (χ0v) is 13.5. The summed E-state index contributed by atoms with van der Waals surface area (Å²) in [6.45, 7) is 4.02. The molecule has 3 aromatic rings. The first-order valence-electron chi connectivity index (χ1n) is 6.68. The maximum Gasteiger partial charge on any atom is 0.263 e. The lowest BCUT2D eigenvalue weighted by Crippen LogP contribution is -2.26. The van der Waals surface area contributed by atoms with Crippen LogP contribution in [-0.4, -0.2) is 5.91 Å². The number of carbonyl (C=O) groups excluding carboxylic acids is 1. The molecular formula is C16H16N2OS2. The van der Waals surface area contributed by atoms with E-state index in [2.05, 4.69) is 11.4 Å². The molecule has 3 nitrogen and oxygen atoms in total. The number of hydrogen-bond donors (Lipinski definition) is 2. The molecule has 0 spiro atoms. The van der Waals surface area contributed by atoms with Crippen molar-refractivity contribution in [2.45, 2.75) is 19.9 Å². The highest BCUT2D eigenvalue weighted by Crippen LogP contribution is 2.34. The monoisotopic (exact) mass is 316 g/mol. The second kappa shape index (κ2) is 5.50. The minimum Gasteiger partial charge on any atom is -0.397 e. The third kappa shape index (κ3) is 2.66. The third-order valence-electron chi connectivity index (χ3n) is 3.48. The number of anilines is 1. The number of nitrogens with two attached hydrogens (primary N) is 1. The molecule has 1 atom stereocenters. The van der Waals surface area contributed by atoms with Crippen LogP contribution in [0.25, 0.3) is 10.1 Å². The van der Waals surface area contributed by atoms with Crippen LogP contribution in [0.3, 0.4) is 0 Å². The van der Waals surface area contributed by atoms with Crippen molar-refractivity contribution >= 4 is 44.4 Å². The van der Waals surface area contributed by atoms with Gasteiger partial charge in [0.1, 0.15) is 4.88 Å². The van der Waals surface area contributed by atoms with Crippen LogP contribution in [-0.2, 0) is 0 Å². The summed E-state index contributed by atoms with van der Waals surface area (Å²) in [5.74, 6) is -0.106. The molecule has 1 aromatic carbocycles. The van der Waals surface area contributed by atoms with Gasteiger partial charge in [-0.1, -0.05) is 12.1 Å². The van der Waals surface area contributed by atoms with Gasteiger partial charge in [0.25, 0.3) is 5.91 Å². The molecule has 21 heavy (non-hydrogen) atoms. The summed E-state index contributed by atoms with van der Waals surface area (Å²) < 4.78 is 1.06. The number of aryl methyl sites for hydroxylation is 1. The van der Waals surface area contributed by atoms with E-state index in [-0.39, 0.29) is 11.9 Å². The summed E-state index contributed by atoms with van der Waals surface area (Å²) >= 11 is 3.08. The smallest absolute Gasteiger partial charge is 0.263 e. The Morgan fingerprint density at radius 1 is 1.33 bits per heavy atom. The molecule has 0 saturated carbocycles. The Hall–Kier alpha value is -1.85. The van der Waals surface area contributed by atoms with Crippen molar-refractivity contribution in [1.82, 2.24) is 5.32 Å². The van der Waals surface area contributed by atoms with Crippen molar-refractivity contribution in [1.29, 1.82) is 0 Å². The quantitative estimate of drug-likeness (QED) is 0.755. The number of amides is 1. The summed E-state index contributed by atoms with van der Waals surface area (Å²) in [6.07, 6.45) is 0. The Morgan fingerprint density at radius 3 is 2.86 bits per heavy atom. The van der Waals surface area contributed by atoms with Crippen LogP contribution in [0.2, 0.25) is 0 Å². The lowest BCUT2D eigenvalue weighted by atomic mass is 10.1. The summed E-state index contributed by atoms with van der Waals surface area (Å²) in [6, 6.07) is 8.06. The van der Waals surface area contributed by atoms with E-state index in [9.17, 15) is 4.79 Å². The van der Waals surface area contributed by atoms with Gasteiger partial charge in [0.05, 0.1) is 11.7 Å². The standard InChI is InChI=1S/C16H16N2OS2/c1-9-3-4-12-13(7-9)21-15(14(12)17)16(19)18-10(2)11-5-6-20-8-11/h3-8,10H,17H2,1-2H3,(H,18,19). The normalized spacial score (nSPS) is 12.5. The largest absolute Gasteiger partial charge is 0.397 e. The lowest BCUT2D eigenvalue weighted by Gasteiger charge is -2.11. The molecule has 0 radical (unpaired) electrons. The van der Waals surface area contributed by atoms with E-state index in [0.29, 0.717) is 10.6 Å². The molecule has 108 valence electrons. The van der Waals surface area contributed by atoms with Crippen LogP contribution in [0.4, 0.5) is 5.69 Å². The minimum absolute atomic E-state index is 0.0184. The van der Waals surface area contributed by atoms with E-state index in [1.54, 1.807) is 11.3 Å². The van der Waals surface area contributed by atoms with Crippen LogP contribution in [0.1, 0.15) is 33.8 Å². The van der Waals surface area contributed by atoms with Gasteiger partial charge in [-0.2, -0.15) is 11.3 Å². The number of nitrogen functional groups attached to an aromatic ring is 1. The van der Waals surface area contributed by atoms with Crippen molar-refractivity contribution in [2.24, 2.45) is 0 Å². The number of nitrogens with one attached hydrogen (secondary N) is 1. The van der Waals surface area contributed by atoms with Gasteiger partial charge in [0, 0.05) is 10.1 Å². The van der Waals surface area contributed by atoms with Gasteiger partial charge in [0.2, 0.25) is 0 Å². The minimum atomic E-state index is -0.106. The topological polar surface area (TPSA) is 55.1 Å². The Labute approximate surface area is 131 Å². The second-order valence-electron chi connectivity index (χ2n) is 5.10. The lowest BCUT2D eigenvalue weighted by molar-refractivity contribution is 0.0945. The van der Waals surface area contributed by atoms with Gasteiger partial charge in [-0.15, -0.1) is 11.3 Å². The number of rotatable bonds is 3. The molecule has 3 rings (SSSR count). The molecule has 2 aromatic heterocycles. The maximum atomic E-state index is 12.4. The van der Waals surface area contributed by atoms with Gasteiger partial charge in [-0.05, 0) is 47.9 Å². The Kier molecular flexibility index (Phi) is 3.69. The first-order chi connectivity index (χ1) is 10.1. The second-order valence-corrected chi connectivity index (χ2v) is 6.93. The molecule has 1 amide bonds. The highest BCUT2D eigenvalue weighted by molar-refractivity contribution is 7.21. The molecule has 0 saturated heterocycles. The fourth-order valence-corrected chi connectivity index (χ4v) is 4.14.